The van der Waals surface area contributed by atoms with Gasteiger partial charge in [-0.2, -0.15) is 0 Å². The highest BCUT2D eigenvalue weighted by molar-refractivity contribution is 6.09. The number of fused-ring (bicyclic) bond motifs is 6. The zero-order valence-corrected chi connectivity index (χ0v) is 29.8. The van der Waals surface area contributed by atoms with E-state index >= 15 is 0 Å². The molecule has 2 nitrogen and oxygen atoms in total. The van der Waals surface area contributed by atoms with E-state index in [1.54, 1.807) is 0 Å². The molecule has 0 saturated heterocycles. The summed E-state index contributed by atoms with van der Waals surface area (Å²) in [6.45, 7) is 4.68. The van der Waals surface area contributed by atoms with Crippen LogP contribution in [0.3, 0.4) is 0 Å². The van der Waals surface area contributed by atoms with Crippen LogP contribution in [-0.2, 0) is 5.41 Å². The van der Waals surface area contributed by atoms with Gasteiger partial charge in [-0.05, 0) is 98.6 Å². The predicted octanol–water partition coefficient (Wildman–Crippen LogP) is 14.4. The van der Waals surface area contributed by atoms with E-state index in [4.69, 9.17) is 4.42 Å². The van der Waals surface area contributed by atoms with Gasteiger partial charge >= 0.3 is 0 Å². The van der Waals surface area contributed by atoms with Crippen molar-refractivity contribution in [1.29, 1.82) is 0 Å². The predicted molar refractivity (Wildman–Crippen MR) is 222 cm³/mol. The van der Waals surface area contributed by atoms with E-state index in [2.05, 4.69) is 195 Å². The Bertz CT molecular complexity index is 2790. The van der Waals surface area contributed by atoms with Crippen molar-refractivity contribution in [1.82, 2.24) is 0 Å². The van der Waals surface area contributed by atoms with Gasteiger partial charge in [0, 0.05) is 38.8 Å². The Morgan fingerprint density at radius 2 is 0.943 bits per heavy atom. The molecule has 0 atom stereocenters. The van der Waals surface area contributed by atoms with Gasteiger partial charge in [-0.1, -0.05) is 153 Å². The number of furan rings is 1. The van der Waals surface area contributed by atoms with Gasteiger partial charge < -0.3 is 9.32 Å². The molecule has 0 unspecified atom stereocenters. The largest absolute Gasteiger partial charge is 0.455 e. The lowest BCUT2D eigenvalue weighted by Gasteiger charge is -2.26. The Labute approximate surface area is 310 Å². The normalized spacial score (nSPS) is 12.9. The molecule has 2 heteroatoms. The number of hydrogen-bond donors (Lipinski definition) is 0. The van der Waals surface area contributed by atoms with Crippen molar-refractivity contribution in [2.24, 2.45) is 0 Å². The summed E-state index contributed by atoms with van der Waals surface area (Å²) in [4.78, 5) is 2.35. The standard InChI is InChI=1S/C51H37NO/c1-51(2)47-20-8-6-16-43(47)44-31-26-37(33-48(44)51)36-24-29-40(30-25-36)52(39-27-22-35(23-28-39)34-12-4-3-5-13-34)41-15-10-14-38(32-41)42-18-11-19-46-45-17-7-9-21-49(45)53-50(42)46/h3-33H,1-2H3. The first-order valence-corrected chi connectivity index (χ1v) is 18.3. The fourth-order valence-corrected chi connectivity index (χ4v) is 8.35. The Morgan fingerprint density at radius 1 is 0.377 bits per heavy atom. The third-order valence-corrected chi connectivity index (χ3v) is 11.1. The second kappa shape index (κ2) is 12.3. The molecule has 1 aliphatic carbocycles. The lowest BCUT2D eigenvalue weighted by Crippen LogP contribution is -2.14. The van der Waals surface area contributed by atoms with Crippen molar-refractivity contribution in [3.05, 3.63) is 199 Å². The summed E-state index contributed by atoms with van der Waals surface area (Å²) in [6, 6.07) is 67.8. The SMILES string of the molecule is CC1(C)c2ccccc2-c2ccc(-c3ccc(N(c4ccc(-c5ccccc5)cc4)c4cccc(-c5cccc6c5oc5ccccc56)c4)cc3)cc21. The third-order valence-electron chi connectivity index (χ3n) is 11.1. The summed E-state index contributed by atoms with van der Waals surface area (Å²) >= 11 is 0. The van der Waals surface area contributed by atoms with Crippen molar-refractivity contribution in [3.8, 4) is 44.5 Å². The molecule has 0 radical (unpaired) electrons. The highest BCUT2D eigenvalue weighted by atomic mass is 16.3. The number of para-hydroxylation sites is 2. The molecule has 0 spiro atoms. The van der Waals surface area contributed by atoms with Gasteiger partial charge in [0.05, 0.1) is 0 Å². The number of hydrogen-bond acceptors (Lipinski definition) is 2. The van der Waals surface area contributed by atoms with Gasteiger partial charge in [-0.25, -0.2) is 0 Å². The van der Waals surface area contributed by atoms with Gasteiger partial charge in [-0.3, -0.25) is 0 Å². The summed E-state index contributed by atoms with van der Waals surface area (Å²) in [5.74, 6) is 0. The second-order valence-corrected chi connectivity index (χ2v) is 14.6. The van der Waals surface area contributed by atoms with Crippen LogP contribution in [0.25, 0.3) is 66.4 Å². The van der Waals surface area contributed by atoms with E-state index in [-0.39, 0.29) is 5.41 Å². The van der Waals surface area contributed by atoms with Crippen molar-refractivity contribution in [2.45, 2.75) is 19.3 Å². The van der Waals surface area contributed by atoms with Crippen LogP contribution in [0.5, 0.6) is 0 Å². The molecule has 252 valence electrons. The first-order chi connectivity index (χ1) is 26.0. The molecule has 9 aromatic rings. The minimum Gasteiger partial charge on any atom is -0.455 e. The molecule has 1 aliphatic rings. The Morgan fingerprint density at radius 3 is 1.74 bits per heavy atom. The monoisotopic (exact) mass is 679 g/mol. The number of rotatable bonds is 6. The summed E-state index contributed by atoms with van der Waals surface area (Å²) in [5, 5.41) is 2.27. The zero-order chi connectivity index (χ0) is 35.5. The molecule has 0 N–H and O–H groups in total. The van der Waals surface area contributed by atoms with Crippen LogP contribution in [0.15, 0.2) is 192 Å². The molecule has 1 aromatic heterocycles. The van der Waals surface area contributed by atoms with Crippen LogP contribution in [0.4, 0.5) is 17.1 Å². The van der Waals surface area contributed by atoms with Gasteiger partial charge in [0.2, 0.25) is 0 Å². The maximum Gasteiger partial charge on any atom is 0.143 e. The van der Waals surface area contributed by atoms with Gasteiger partial charge in [0.1, 0.15) is 11.2 Å². The molecule has 0 bridgehead atoms. The first-order valence-electron chi connectivity index (χ1n) is 18.3. The smallest absolute Gasteiger partial charge is 0.143 e. The van der Waals surface area contributed by atoms with E-state index in [1.165, 1.54) is 44.5 Å². The average Bonchev–Trinajstić information content (AvgIpc) is 3.71. The highest BCUT2D eigenvalue weighted by Crippen LogP contribution is 2.49. The quantitative estimate of drug-likeness (QED) is 0.174. The molecule has 0 aliphatic heterocycles. The number of benzene rings is 8. The summed E-state index contributed by atoms with van der Waals surface area (Å²) < 4.78 is 6.46. The Kier molecular flexibility index (Phi) is 7.19. The fraction of sp³-hybridized carbons (Fsp3) is 0.0588. The molecule has 1 heterocycles. The summed E-state index contributed by atoms with van der Waals surface area (Å²) in [6.07, 6.45) is 0. The molecule has 10 rings (SSSR count). The van der Waals surface area contributed by atoms with Gasteiger partial charge in [0.15, 0.2) is 0 Å². The van der Waals surface area contributed by atoms with E-state index in [0.717, 1.165) is 50.1 Å². The van der Waals surface area contributed by atoms with Crippen molar-refractivity contribution in [2.75, 3.05) is 4.90 Å². The lowest BCUT2D eigenvalue weighted by atomic mass is 9.81. The molecule has 53 heavy (non-hydrogen) atoms. The van der Waals surface area contributed by atoms with E-state index in [9.17, 15) is 0 Å². The van der Waals surface area contributed by atoms with Crippen molar-refractivity contribution >= 4 is 39.0 Å². The Balaban J connectivity index is 1.06. The second-order valence-electron chi connectivity index (χ2n) is 14.6. The molecule has 0 amide bonds. The van der Waals surface area contributed by atoms with E-state index in [0.29, 0.717) is 0 Å². The topological polar surface area (TPSA) is 16.4 Å². The molecular weight excluding hydrogens is 643 g/mol. The zero-order valence-electron chi connectivity index (χ0n) is 29.8. The van der Waals surface area contributed by atoms with Crippen LogP contribution < -0.4 is 4.90 Å². The van der Waals surface area contributed by atoms with Crippen LogP contribution in [-0.4, -0.2) is 0 Å². The maximum absolute atomic E-state index is 6.46. The first kappa shape index (κ1) is 31.1. The number of nitrogens with zero attached hydrogens (tertiary/aromatic N) is 1. The summed E-state index contributed by atoms with van der Waals surface area (Å²) in [5.41, 5.74) is 17.5. The Hall–Kier alpha value is -6.64. The molecule has 0 fully saturated rings. The maximum atomic E-state index is 6.46. The van der Waals surface area contributed by atoms with Crippen LogP contribution in [0, 0.1) is 0 Å². The van der Waals surface area contributed by atoms with Crippen LogP contribution in [0.1, 0.15) is 25.0 Å². The van der Waals surface area contributed by atoms with E-state index in [1.807, 2.05) is 12.1 Å². The van der Waals surface area contributed by atoms with Crippen molar-refractivity contribution in [3.63, 3.8) is 0 Å². The van der Waals surface area contributed by atoms with Crippen LogP contribution >= 0.6 is 0 Å². The molecule has 0 saturated carbocycles. The van der Waals surface area contributed by atoms with Crippen LogP contribution in [0.2, 0.25) is 0 Å². The van der Waals surface area contributed by atoms with E-state index < -0.39 is 0 Å². The average molecular weight is 680 g/mol. The molecule has 8 aromatic carbocycles. The minimum atomic E-state index is -0.0394. The lowest BCUT2D eigenvalue weighted by molar-refractivity contribution is 0.660. The molecular formula is C51H37NO. The summed E-state index contributed by atoms with van der Waals surface area (Å²) in [7, 11) is 0. The fourth-order valence-electron chi connectivity index (χ4n) is 8.35. The highest BCUT2D eigenvalue weighted by Gasteiger charge is 2.35. The van der Waals surface area contributed by atoms with Gasteiger partial charge in [0.25, 0.3) is 0 Å². The minimum absolute atomic E-state index is 0.0394. The van der Waals surface area contributed by atoms with Crippen molar-refractivity contribution < 1.29 is 4.42 Å². The van der Waals surface area contributed by atoms with Gasteiger partial charge in [-0.15, -0.1) is 0 Å². The third kappa shape index (κ3) is 5.18. The number of anilines is 3.